The zero-order valence-corrected chi connectivity index (χ0v) is 16.2. The van der Waals surface area contributed by atoms with E-state index in [2.05, 4.69) is 4.98 Å². The van der Waals surface area contributed by atoms with E-state index in [0.717, 1.165) is 24.8 Å². The van der Waals surface area contributed by atoms with E-state index in [0.29, 0.717) is 30.6 Å². The van der Waals surface area contributed by atoms with Gasteiger partial charge in [0.15, 0.2) is 0 Å². The first-order valence-electron chi connectivity index (χ1n) is 9.15. The number of benzene rings is 1. The molecule has 27 heavy (non-hydrogen) atoms. The third-order valence-corrected chi connectivity index (χ3v) is 6.59. The van der Waals surface area contributed by atoms with Crippen LogP contribution in [0.15, 0.2) is 47.6 Å². The lowest BCUT2D eigenvalue weighted by molar-refractivity contribution is 0.0499. The van der Waals surface area contributed by atoms with Gasteiger partial charge in [-0.3, -0.25) is 4.98 Å². The maximum Gasteiger partial charge on any atom is 0.338 e. The number of hydrogen-bond acceptors (Lipinski definition) is 5. The number of aromatic nitrogens is 1. The number of aryl methyl sites for hydroxylation is 2. The minimum absolute atomic E-state index is 0.150. The van der Waals surface area contributed by atoms with Crippen molar-refractivity contribution in [3.63, 3.8) is 0 Å². The van der Waals surface area contributed by atoms with Crippen molar-refractivity contribution in [3.05, 3.63) is 59.4 Å². The summed E-state index contributed by atoms with van der Waals surface area (Å²) in [4.78, 5) is 16.6. The number of ether oxygens (including phenoxy) is 1. The number of hydrogen-bond donors (Lipinski definition) is 0. The molecule has 0 saturated carbocycles. The van der Waals surface area contributed by atoms with Gasteiger partial charge in [-0.1, -0.05) is 12.1 Å². The van der Waals surface area contributed by atoms with E-state index in [-0.39, 0.29) is 11.5 Å². The molecular weight excluding hydrogens is 364 g/mol. The van der Waals surface area contributed by atoms with Gasteiger partial charge in [0.1, 0.15) is 0 Å². The standard InChI is InChI=1S/C20H24N2O4S/c1-16-8-9-18(27(24,25)22-11-2-3-12-22)14-19(16)20(23)26-13-5-7-17-6-4-10-21-15-17/h4,6,8-10,14-15H,2-3,5,7,11-13H2,1H3. The Labute approximate surface area is 160 Å². The molecule has 0 atom stereocenters. The molecule has 0 unspecified atom stereocenters. The van der Waals surface area contributed by atoms with Gasteiger partial charge in [0.25, 0.3) is 0 Å². The Morgan fingerprint density at radius 2 is 2.00 bits per heavy atom. The molecule has 2 aromatic rings. The lowest BCUT2D eigenvalue weighted by Crippen LogP contribution is -2.28. The van der Waals surface area contributed by atoms with Crippen LogP contribution in [0.2, 0.25) is 0 Å². The summed E-state index contributed by atoms with van der Waals surface area (Å²) in [6.45, 7) is 3.11. The van der Waals surface area contributed by atoms with Crippen molar-refractivity contribution in [1.82, 2.24) is 9.29 Å². The Bertz CT molecular complexity index is 891. The van der Waals surface area contributed by atoms with Crippen LogP contribution in [0.5, 0.6) is 0 Å². The fraction of sp³-hybridized carbons (Fsp3) is 0.400. The van der Waals surface area contributed by atoms with Crippen molar-refractivity contribution in [2.75, 3.05) is 19.7 Å². The fourth-order valence-electron chi connectivity index (χ4n) is 3.12. The summed E-state index contributed by atoms with van der Waals surface area (Å²) < 4.78 is 32.2. The number of pyridine rings is 1. The van der Waals surface area contributed by atoms with E-state index in [4.69, 9.17) is 4.74 Å². The van der Waals surface area contributed by atoms with E-state index in [1.165, 1.54) is 10.4 Å². The number of carbonyl (C=O) groups is 1. The first-order chi connectivity index (χ1) is 13.0. The highest BCUT2D eigenvalue weighted by Gasteiger charge is 2.28. The quantitative estimate of drug-likeness (QED) is 0.538. The molecule has 0 N–H and O–H groups in total. The van der Waals surface area contributed by atoms with Gasteiger partial charge in [-0.2, -0.15) is 4.31 Å². The van der Waals surface area contributed by atoms with Crippen LogP contribution in [-0.4, -0.2) is 43.4 Å². The van der Waals surface area contributed by atoms with E-state index in [9.17, 15) is 13.2 Å². The lowest BCUT2D eigenvalue weighted by Gasteiger charge is -2.16. The van der Waals surface area contributed by atoms with Crippen LogP contribution in [-0.2, 0) is 21.2 Å². The lowest BCUT2D eigenvalue weighted by atomic mass is 10.1. The van der Waals surface area contributed by atoms with Crippen LogP contribution in [0.3, 0.4) is 0 Å². The van der Waals surface area contributed by atoms with Gasteiger partial charge in [-0.05, 0) is 61.9 Å². The molecule has 1 aliphatic heterocycles. The topological polar surface area (TPSA) is 76.6 Å². The predicted octanol–water partition coefficient (Wildman–Crippen LogP) is 2.96. The van der Waals surface area contributed by atoms with Crippen LogP contribution in [0.4, 0.5) is 0 Å². The molecule has 1 aromatic heterocycles. The smallest absolute Gasteiger partial charge is 0.338 e. The van der Waals surface area contributed by atoms with Crippen molar-refractivity contribution in [2.24, 2.45) is 0 Å². The predicted molar refractivity (Wildman–Crippen MR) is 102 cm³/mol. The molecule has 7 heteroatoms. The monoisotopic (exact) mass is 388 g/mol. The molecule has 1 fully saturated rings. The maximum atomic E-state index is 12.7. The second kappa shape index (κ2) is 8.63. The van der Waals surface area contributed by atoms with Gasteiger partial charge < -0.3 is 4.74 Å². The Morgan fingerprint density at radius 3 is 2.70 bits per heavy atom. The number of esters is 1. The van der Waals surface area contributed by atoms with E-state index >= 15 is 0 Å². The summed E-state index contributed by atoms with van der Waals surface area (Å²) in [6.07, 6.45) is 6.70. The molecule has 1 saturated heterocycles. The second-order valence-corrected chi connectivity index (χ2v) is 8.63. The van der Waals surface area contributed by atoms with Crippen molar-refractivity contribution < 1.29 is 17.9 Å². The molecule has 144 valence electrons. The summed E-state index contributed by atoms with van der Waals surface area (Å²) in [7, 11) is -3.55. The first kappa shape index (κ1) is 19.5. The molecule has 6 nitrogen and oxygen atoms in total. The van der Waals surface area contributed by atoms with Gasteiger partial charge in [0, 0.05) is 25.5 Å². The van der Waals surface area contributed by atoms with Crippen molar-refractivity contribution in [2.45, 2.75) is 37.5 Å². The highest BCUT2D eigenvalue weighted by Crippen LogP contribution is 2.23. The van der Waals surface area contributed by atoms with Gasteiger partial charge in [-0.15, -0.1) is 0 Å². The van der Waals surface area contributed by atoms with E-state index in [1.807, 2.05) is 12.1 Å². The molecule has 1 aromatic carbocycles. The molecule has 0 radical (unpaired) electrons. The molecule has 2 heterocycles. The van der Waals surface area contributed by atoms with E-state index in [1.54, 1.807) is 31.5 Å². The third-order valence-electron chi connectivity index (χ3n) is 4.70. The third kappa shape index (κ3) is 4.73. The summed E-state index contributed by atoms with van der Waals surface area (Å²) in [5.41, 5.74) is 2.09. The molecule has 0 aliphatic carbocycles. The van der Waals surface area contributed by atoms with Gasteiger partial charge in [0.2, 0.25) is 10.0 Å². The molecule has 0 amide bonds. The zero-order chi connectivity index (χ0) is 19.3. The second-order valence-electron chi connectivity index (χ2n) is 6.69. The highest BCUT2D eigenvalue weighted by molar-refractivity contribution is 7.89. The normalized spacial score (nSPS) is 15.0. The zero-order valence-electron chi connectivity index (χ0n) is 15.4. The molecule has 1 aliphatic rings. The minimum Gasteiger partial charge on any atom is -0.462 e. The number of nitrogens with zero attached hydrogens (tertiary/aromatic N) is 2. The van der Waals surface area contributed by atoms with Crippen molar-refractivity contribution in [3.8, 4) is 0 Å². The number of carbonyl (C=O) groups excluding carboxylic acids is 1. The summed E-state index contributed by atoms with van der Waals surface area (Å²) >= 11 is 0. The van der Waals surface area contributed by atoms with Gasteiger partial charge in [-0.25, -0.2) is 13.2 Å². The molecule has 0 bridgehead atoms. The Hall–Kier alpha value is -2.25. The van der Waals surface area contributed by atoms with E-state index < -0.39 is 16.0 Å². The van der Waals surface area contributed by atoms with Crippen LogP contribution in [0, 0.1) is 6.92 Å². The number of rotatable bonds is 7. The van der Waals surface area contributed by atoms with Crippen molar-refractivity contribution in [1.29, 1.82) is 0 Å². The Kier molecular flexibility index (Phi) is 6.23. The minimum atomic E-state index is -3.55. The Balaban J connectivity index is 1.64. The van der Waals surface area contributed by atoms with Gasteiger partial charge >= 0.3 is 5.97 Å². The van der Waals surface area contributed by atoms with Crippen LogP contribution in [0.25, 0.3) is 0 Å². The summed E-state index contributed by atoms with van der Waals surface area (Å²) in [6, 6.07) is 8.51. The first-order valence-corrected chi connectivity index (χ1v) is 10.6. The summed E-state index contributed by atoms with van der Waals surface area (Å²) in [5.74, 6) is -0.489. The number of sulfonamides is 1. The highest BCUT2D eigenvalue weighted by atomic mass is 32.2. The summed E-state index contributed by atoms with van der Waals surface area (Å²) in [5, 5.41) is 0. The van der Waals surface area contributed by atoms with Crippen LogP contribution < -0.4 is 0 Å². The SMILES string of the molecule is Cc1ccc(S(=O)(=O)N2CCCC2)cc1C(=O)OCCCc1cccnc1. The van der Waals surface area contributed by atoms with Crippen molar-refractivity contribution >= 4 is 16.0 Å². The largest absolute Gasteiger partial charge is 0.462 e. The molecular formula is C20H24N2O4S. The molecule has 0 spiro atoms. The Morgan fingerprint density at radius 1 is 1.22 bits per heavy atom. The maximum absolute atomic E-state index is 12.7. The van der Waals surface area contributed by atoms with Crippen LogP contribution >= 0.6 is 0 Å². The fourth-order valence-corrected chi connectivity index (χ4v) is 4.67. The van der Waals surface area contributed by atoms with Gasteiger partial charge in [0.05, 0.1) is 17.1 Å². The molecule has 3 rings (SSSR count). The average molecular weight is 388 g/mol. The average Bonchev–Trinajstić information content (AvgIpc) is 3.22. The van der Waals surface area contributed by atoms with Crippen LogP contribution in [0.1, 0.15) is 40.7 Å².